The number of phenolic OH excluding ortho intramolecular Hbond substituents is 2. The molecule has 0 amide bonds. The van der Waals surface area contributed by atoms with Crippen LogP contribution >= 0.6 is 0 Å². The predicted octanol–water partition coefficient (Wildman–Crippen LogP) is 4.25. The van der Waals surface area contributed by atoms with Crippen molar-refractivity contribution in [2.24, 2.45) is 10.8 Å². The van der Waals surface area contributed by atoms with E-state index in [1.807, 2.05) is 0 Å². The van der Waals surface area contributed by atoms with Gasteiger partial charge in [-0.15, -0.1) is 0 Å². The SMILES string of the molecule is O=C(O)C1(CCCCc2c(O)ccc(O)c2CCCCC2(C(=O)O)CC2)CC1. The van der Waals surface area contributed by atoms with Gasteiger partial charge in [-0.1, -0.05) is 12.8 Å². The molecule has 1 aromatic carbocycles. The van der Waals surface area contributed by atoms with Gasteiger partial charge in [-0.25, -0.2) is 0 Å². The van der Waals surface area contributed by atoms with E-state index in [0.717, 1.165) is 62.5 Å². The van der Waals surface area contributed by atoms with Crippen molar-refractivity contribution in [1.29, 1.82) is 0 Å². The number of benzene rings is 1. The molecule has 4 N–H and O–H groups in total. The zero-order chi connectivity index (χ0) is 20.4. The lowest BCUT2D eigenvalue weighted by molar-refractivity contribution is -0.144. The van der Waals surface area contributed by atoms with Crippen molar-refractivity contribution in [3.63, 3.8) is 0 Å². The normalized spacial score (nSPS) is 18.6. The molecule has 3 rings (SSSR count). The summed E-state index contributed by atoms with van der Waals surface area (Å²) in [6.07, 6.45) is 8.63. The molecule has 0 aromatic heterocycles. The predicted molar refractivity (Wildman–Crippen MR) is 103 cm³/mol. The summed E-state index contributed by atoms with van der Waals surface area (Å²) in [5, 5.41) is 39.0. The first kappa shape index (κ1) is 20.5. The minimum absolute atomic E-state index is 0.163. The first-order valence-electron chi connectivity index (χ1n) is 10.3. The Kier molecular flexibility index (Phi) is 5.87. The van der Waals surface area contributed by atoms with Gasteiger partial charge in [0, 0.05) is 11.1 Å². The van der Waals surface area contributed by atoms with Crippen LogP contribution in [0.15, 0.2) is 12.1 Å². The van der Waals surface area contributed by atoms with Gasteiger partial charge in [0.25, 0.3) is 0 Å². The standard InChI is InChI=1S/C22H30O6/c23-17-7-8-18(24)16(6-2-4-10-22(13-14-22)20(27)28)15(17)5-1-3-9-21(11-12-21)19(25)26/h7-8,23-24H,1-6,9-14H2,(H,25,26)(H,27,28). The highest BCUT2D eigenvalue weighted by molar-refractivity contribution is 5.78. The van der Waals surface area contributed by atoms with Crippen LogP contribution < -0.4 is 0 Å². The van der Waals surface area contributed by atoms with E-state index in [4.69, 9.17) is 0 Å². The van der Waals surface area contributed by atoms with Crippen LogP contribution in [0, 0.1) is 10.8 Å². The summed E-state index contributed by atoms with van der Waals surface area (Å²) in [7, 11) is 0. The molecule has 28 heavy (non-hydrogen) atoms. The molecule has 0 atom stereocenters. The number of carbonyl (C=O) groups is 2. The molecule has 2 fully saturated rings. The van der Waals surface area contributed by atoms with E-state index in [1.165, 1.54) is 12.1 Å². The number of unbranched alkanes of at least 4 members (excludes halogenated alkanes) is 2. The van der Waals surface area contributed by atoms with Crippen molar-refractivity contribution in [3.8, 4) is 11.5 Å². The van der Waals surface area contributed by atoms with Gasteiger partial charge < -0.3 is 20.4 Å². The number of hydrogen-bond acceptors (Lipinski definition) is 4. The molecule has 0 aliphatic heterocycles. The maximum Gasteiger partial charge on any atom is 0.309 e. The van der Waals surface area contributed by atoms with E-state index in [9.17, 15) is 30.0 Å². The first-order valence-corrected chi connectivity index (χ1v) is 10.3. The molecule has 0 radical (unpaired) electrons. The molecule has 0 heterocycles. The highest BCUT2D eigenvalue weighted by Gasteiger charge is 2.49. The summed E-state index contributed by atoms with van der Waals surface area (Å²) >= 11 is 0. The van der Waals surface area contributed by atoms with E-state index in [0.29, 0.717) is 25.7 Å². The van der Waals surface area contributed by atoms with Crippen LogP contribution in [-0.4, -0.2) is 32.4 Å². The van der Waals surface area contributed by atoms with Gasteiger partial charge >= 0.3 is 11.9 Å². The second-order valence-electron chi connectivity index (χ2n) is 8.65. The fourth-order valence-electron chi connectivity index (χ4n) is 4.20. The maximum absolute atomic E-state index is 11.3. The number of carboxylic acids is 2. The van der Waals surface area contributed by atoms with Crippen molar-refractivity contribution >= 4 is 11.9 Å². The fourth-order valence-corrected chi connectivity index (χ4v) is 4.20. The average Bonchev–Trinajstić information content (AvgIpc) is 3.55. The van der Waals surface area contributed by atoms with Crippen molar-refractivity contribution < 1.29 is 30.0 Å². The van der Waals surface area contributed by atoms with Crippen LogP contribution in [0.5, 0.6) is 11.5 Å². The van der Waals surface area contributed by atoms with Crippen molar-refractivity contribution in [2.75, 3.05) is 0 Å². The highest BCUT2D eigenvalue weighted by atomic mass is 16.4. The van der Waals surface area contributed by atoms with Gasteiger partial charge in [0.15, 0.2) is 0 Å². The summed E-state index contributed by atoms with van der Waals surface area (Å²) in [5.41, 5.74) is 0.429. The molecule has 2 aliphatic rings. The number of phenols is 2. The lowest BCUT2D eigenvalue weighted by atomic mass is 9.92. The Morgan fingerprint density at radius 3 is 1.36 bits per heavy atom. The van der Waals surface area contributed by atoms with Crippen LogP contribution in [0.2, 0.25) is 0 Å². The van der Waals surface area contributed by atoms with Gasteiger partial charge in [-0.2, -0.15) is 0 Å². The summed E-state index contributed by atoms with van der Waals surface area (Å²) in [4.78, 5) is 22.5. The molecule has 154 valence electrons. The minimum Gasteiger partial charge on any atom is -0.508 e. The third-order valence-electron chi connectivity index (χ3n) is 6.66. The van der Waals surface area contributed by atoms with E-state index < -0.39 is 22.8 Å². The minimum atomic E-state index is -0.705. The second kappa shape index (κ2) is 8.02. The zero-order valence-electron chi connectivity index (χ0n) is 16.2. The van der Waals surface area contributed by atoms with E-state index in [-0.39, 0.29) is 11.5 Å². The van der Waals surface area contributed by atoms with E-state index in [2.05, 4.69) is 0 Å². The molecular weight excluding hydrogens is 360 g/mol. The molecule has 2 saturated carbocycles. The topological polar surface area (TPSA) is 115 Å². The molecule has 6 heteroatoms. The third kappa shape index (κ3) is 4.42. The van der Waals surface area contributed by atoms with Crippen LogP contribution in [0.3, 0.4) is 0 Å². The molecule has 1 aromatic rings. The molecule has 0 saturated heterocycles. The average molecular weight is 390 g/mol. The van der Waals surface area contributed by atoms with Gasteiger partial charge in [0.1, 0.15) is 11.5 Å². The fraction of sp³-hybridized carbons (Fsp3) is 0.636. The van der Waals surface area contributed by atoms with E-state index >= 15 is 0 Å². The summed E-state index contributed by atoms with van der Waals surface area (Å²) in [6, 6.07) is 2.99. The number of aromatic hydroxyl groups is 2. The van der Waals surface area contributed by atoms with Crippen LogP contribution in [-0.2, 0) is 22.4 Å². The van der Waals surface area contributed by atoms with Gasteiger partial charge in [0.2, 0.25) is 0 Å². The third-order valence-corrected chi connectivity index (χ3v) is 6.66. The smallest absolute Gasteiger partial charge is 0.309 e. The lowest BCUT2D eigenvalue weighted by Crippen LogP contribution is -2.14. The largest absolute Gasteiger partial charge is 0.508 e. The molecule has 0 unspecified atom stereocenters. The van der Waals surface area contributed by atoms with Crippen LogP contribution in [0.4, 0.5) is 0 Å². The molecule has 6 nitrogen and oxygen atoms in total. The Labute approximate surface area is 165 Å². The van der Waals surface area contributed by atoms with E-state index in [1.54, 1.807) is 0 Å². The molecular formula is C22H30O6. The van der Waals surface area contributed by atoms with Crippen molar-refractivity contribution in [1.82, 2.24) is 0 Å². The number of rotatable bonds is 12. The van der Waals surface area contributed by atoms with Crippen molar-refractivity contribution in [2.45, 2.75) is 77.0 Å². The Hall–Kier alpha value is -2.24. The highest BCUT2D eigenvalue weighted by Crippen LogP contribution is 2.51. The Bertz CT molecular complexity index is 683. The van der Waals surface area contributed by atoms with Crippen molar-refractivity contribution in [3.05, 3.63) is 23.3 Å². The molecule has 0 bridgehead atoms. The summed E-state index contributed by atoms with van der Waals surface area (Å²) < 4.78 is 0. The number of carboxylic acid groups (broad SMARTS) is 2. The zero-order valence-corrected chi connectivity index (χ0v) is 16.2. The van der Waals surface area contributed by atoms with Gasteiger partial charge in [0.05, 0.1) is 10.8 Å². The molecule has 0 spiro atoms. The lowest BCUT2D eigenvalue weighted by Gasteiger charge is -2.15. The summed E-state index contributed by atoms with van der Waals surface area (Å²) in [6.45, 7) is 0. The first-order chi connectivity index (χ1) is 13.3. The molecule has 2 aliphatic carbocycles. The Balaban J connectivity index is 1.52. The number of aliphatic carboxylic acids is 2. The van der Waals surface area contributed by atoms with Crippen LogP contribution in [0.25, 0.3) is 0 Å². The number of hydrogen-bond donors (Lipinski definition) is 4. The van der Waals surface area contributed by atoms with Gasteiger partial charge in [-0.3, -0.25) is 9.59 Å². The Morgan fingerprint density at radius 1 is 0.714 bits per heavy atom. The quantitative estimate of drug-likeness (QED) is 0.313. The monoisotopic (exact) mass is 390 g/mol. The summed E-state index contributed by atoms with van der Waals surface area (Å²) in [5.74, 6) is -1.08. The van der Waals surface area contributed by atoms with Gasteiger partial charge in [-0.05, 0) is 76.3 Å². The van der Waals surface area contributed by atoms with Crippen LogP contribution in [0.1, 0.15) is 75.3 Å². The second-order valence-corrected chi connectivity index (χ2v) is 8.65. The Morgan fingerprint density at radius 2 is 1.07 bits per heavy atom. The maximum atomic E-state index is 11.3.